The maximum absolute atomic E-state index is 10.2. The van der Waals surface area contributed by atoms with Crippen molar-refractivity contribution in [2.24, 2.45) is 0 Å². The Kier molecular flexibility index (Phi) is 4.51. The van der Waals surface area contributed by atoms with E-state index < -0.39 is 0 Å². The van der Waals surface area contributed by atoms with Gasteiger partial charge in [-0.2, -0.15) is 0 Å². The van der Waals surface area contributed by atoms with Crippen LogP contribution >= 0.6 is 0 Å². The zero-order valence-electron chi connectivity index (χ0n) is 11.3. The molecule has 0 aliphatic heterocycles. The molecule has 18 heavy (non-hydrogen) atoms. The predicted molar refractivity (Wildman–Crippen MR) is 74.2 cm³/mol. The number of phenols is 2. The third-order valence-electron chi connectivity index (χ3n) is 4.03. The van der Waals surface area contributed by atoms with Crippen LogP contribution in [0.2, 0.25) is 0 Å². The molecule has 1 aromatic carbocycles. The van der Waals surface area contributed by atoms with Gasteiger partial charge in [0.15, 0.2) is 0 Å². The minimum Gasteiger partial charge on any atom is -0.508 e. The fraction of sp³-hybridized carbons (Fsp3) is 0.625. The monoisotopic (exact) mass is 248 g/mol. The lowest BCUT2D eigenvalue weighted by atomic mass is 9.82. The van der Waals surface area contributed by atoms with E-state index in [-0.39, 0.29) is 0 Å². The third kappa shape index (κ3) is 2.98. The van der Waals surface area contributed by atoms with Crippen molar-refractivity contribution in [3.05, 3.63) is 23.3 Å². The molecule has 2 rings (SSSR count). The van der Waals surface area contributed by atoms with Gasteiger partial charge in [-0.25, -0.2) is 0 Å². The maximum Gasteiger partial charge on any atom is 0.123 e. The zero-order valence-corrected chi connectivity index (χ0v) is 11.3. The number of phenolic OH excluding ortho intramolecular Hbond substituents is 2. The Hall–Kier alpha value is -1.18. The van der Waals surface area contributed by atoms with Gasteiger partial charge in [-0.3, -0.25) is 0 Å². The van der Waals surface area contributed by atoms with Gasteiger partial charge in [0.05, 0.1) is 0 Å². The molecule has 0 radical (unpaired) electrons. The van der Waals surface area contributed by atoms with Crippen molar-refractivity contribution in [1.82, 2.24) is 0 Å². The smallest absolute Gasteiger partial charge is 0.123 e. The molecule has 0 saturated heterocycles. The molecule has 2 heteroatoms. The minimum absolute atomic E-state index is 0.299. The fourth-order valence-electron chi connectivity index (χ4n) is 3.01. The quantitative estimate of drug-likeness (QED) is 0.824. The summed E-state index contributed by atoms with van der Waals surface area (Å²) in [5.41, 5.74) is 1.83. The normalized spacial score (nSPS) is 16.9. The van der Waals surface area contributed by atoms with E-state index >= 15 is 0 Å². The summed E-state index contributed by atoms with van der Waals surface area (Å²) in [4.78, 5) is 0. The van der Waals surface area contributed by atoms with E-state index in [1.807, 2.05) is 12.1 Å². The number of hydrogen-bond donors (Lipinski definition) is 2. The average molecular weight is 248 g/mol. The number of hydrogen-bond acceptors (Lipinski definition) is 2. The Morgan fingerprint density at radius 2 is 1.67 bits per heavy atom. The highest BCUT2D eigenvalue weighted by molar-refractivity contribution is 5.48. The maximum atomic E-state index is 10.2. The second-order valence-electron chi connectivity index (χ2n) is 5.49. The summed E-state index contributed by atoms with van der Waals surface area (Å²) >= 11 is 0. The van der Waals surface area contributed by atoms with Gasteiger partial charge in [0.25, 0.3) is 0 Å². The van der Waals surface area contributed by atoms with Gasteiger partial charge in [-0.1, -0.05) is 32.6 Å². The summed E-state index contributed by atoms with van der Waals surface area (Å²) in [6, 6.07) is 3.69. The lowest BCUT2D eigenvalue weighted by Gasteiger charge is -2.24. The van der Waals surface area contributed by atoms with Crippen molar-refractivity contribution in [3.63, 3.8) is 0 Å². The highest BCUT2D eigenvalue weighted by Crippen LogP contribution is 2.42. The van der Waals surface area contributed by atoms with E-state index in [9.17, 15) is 10.2 Å². The number of unbranched alkanes of at least 4 members (excludes halogenated alkanes) is 1. The van der Waals surface area contributed by atoms with E-state index in [0.29, 0.717) is 17.4 Å². The Balaban J connectivity index is 2.20. The largest absolute Gasteiger partial charge is 0.508 e. The summed E-state index contributed by atoms with van der Waals surface area (Å²) in [6.45, 7) is 2.15. The van der Waals surface area contributed by atoms with Crippen molar-refractivity contribution in [2.75, 3.05) is 0 Å². The minimum atomic E-state index is 0.299. The van der Waals surface area contributed by atoms with Gasteiger partial charge < -0.3 is 10.2 Å². The summed E-state index contributed by atoms with van der Waals surface area (Å²) < 4.78 is 0. The molecule has 0 amide bonds. The molecule has 1 aliphatic rings. The van der Waals surface area contributed by atoms with Gasteiger partial charge in [0, 0.05) is 5.56 Å². The first-order valence-electron chi connectivity index (χ1n) is 7.27. The molecule has 0 spiro atoms. The van der Waals surface area contributed by atoms with Gasteiger partial charge in [-0.15, -0.1) is 0 Å². The number of rotatable bonds is 4. The van der Waals surface area contributed by atoms with Gasteiger partial charge >= 0.3 is 0 Å². The van der Waals surface area contributed by atoms with Gasteiger partial charge in [0.2, 0.25) is 0 Å². The topological polar surface area (TPSA) is 40.5 Å². The molecule has 2 N–H and O–H groups in total. The molecule has 1 aromatic rings. The van der Waals surface area contributed by atoms with Crippen LogP contribution in [0.4, 0.5) is 0 Å². The average Bonchev–Trinajstić information content (AvgIpc) is 2.37. The van der Waals surface area contributed by atoms with Crippen LogP contribution in [-0.4, -0.2) is 10.2 Å². The molecular formula is C16H24O2. The van der Waals surface area contributed by atoms with E-state index in [0.717, 1.165) is 43.2 Å². The molecule has 1 aliphatic carbocycles. The first-order chi connectivity index (χ1) is 8.72. The van der Waals surface area contributed by atoms with Crippen LogP contribution < -0.4 is 0 Å². The molecule has 100 valence electrons. The Morgan fingerprint density at radius 3 is 2.22 bits per heavy atom. The lowest BCUT2D eigenvalue weighted by Crippen LogP contribution is -2.05. The van der Waals surface area contributed by atoms with Crippen molar-refractivity contribution < 1.29 is 10.2 Å². The first kappa shape index (κ1) is 13.3. The zero-order chi connectivity index (χ0) is 13.0. The van der Waals surface area contributed by atoms with E-state index in [1.54, 1.807) is 0 Å². The molecule has 0 heterocycles. The molecule has 0 unspecified atom stereocenters. The number of aryl methyl sites for hydroxylation is 1. The highest BCUT2D eigenvalue weighted by Gasteiger charge is 2.22. The van der Waals surface area contributed by atoms with E-state index in [1.165, 1.54) is 19.3 Å². The standard InChI is InChI=1S/C16H24O2/c1-2-3-7-12-10-14(17)16(15(18)11-12)13-8-5-4-6-9-13/h10-11,13,17-18H,2-9H2,1H3. The van der Waals surface area contributed by atoms with Crippen molar-refractivity contribution >= 4 is 0 Å². The van der Waals surface area contributed by atoms with Crippen LogP contribution in [0.1, 0.15) is 68.9 Å². The fourth-order valence-corrected chi connectivity index (χ4v) is 3.01. The van der Waals surface area contributed by atoms with Crippen LogP contribution in [0.25, 0.3) is 0 Å². The summed E-state index contributed by atoms with van der Waals surface area (Å²) in [5, 5.41) is 20.3. The Labute approximate surface area is 110 Å². The number of aromatic hydroxyl groups is 2. The molecule has 0 atom stereocenters. The van der Waals surface area contributed by atoms with E-state index in [2.05, 4.69) is 6.92 Å². The molecule has 0 aromatic heterocycles. The molecular weight excluding hydrogens is 224 g/mol. The molecule has 2 nitrogen and oxygen atoms in total. The summed E-state index contributed by atoms with van der Waals surface area (Å²) in [5.74, 6) is 0.944. The second kappa shape index (κ2) is 6.12. The predicted octanol–water partition coefficient (Wildman–Crippen LogP) is 4.49. The van der Waals surface area contributed by atoms with Gasteiger partial charge in [0.1, 0.15) is 11.5 Å². The lowest BCUT2D eigenvalue weighted by molar-refractivity contribution is 0.388. The number of benzene rings is 1. The summed E-state index contributed by atoms with van der Waals surface area (Å²) in [6.07, 6.45) is 9.05. The van der Waals surface area contributed by atoms with Crippen molar-refractivity contribution in [2.45, 2.75) is 64.2 Å². The molecule has 1 saturated carbocycles. The van der Waals surface area contributed by atoms with Crippen molar-refractivity contribution in [3.8, 4) is 11.5 Å². The summed E-state index contributed by atoms with van der Waals surface area (Å²) in [7, 11) is 0. The Bertz CT molecular complexity index is 369. The van der Waals surface area contributed by atoms with Gasteiger partial charge in [-0.05, 0) is 49.3 Å². The Morgan fingerprint density at radius 1 is 1.06 bits per heavy atom. The van der Waals surface area contributed by atoms with E-state index in [4.69, 9.17) is 0 Å². The van der Waals surface area contributed by atoms with Crippen molar-refractivity contribution in [1.29, 1.82) is 0 Å². The van der Waals surface area contributed by atoms with Crippen LogP contribution in [0.3, 0.4) is 0 Å². The molecule has 1 fully saturated rings. The SMILES string of the molecule is CCCCc1cc(O)c(C2CCCCC2)c(O)c1. The second-order valence-corrected chi connectivity index (χ2v) is 5.49. The van der Waals surface area contributed by atoms with Crippen LogP contribution in [-0.2, 0) is 6.42 Å². The van der Waals surface area contributed by atoms with Crippen LogP contribution in [0, 0.1) is 0 Å². The highest BCUT2D eigenvalue weighted by atomic mass is 16.3. The first-order valence-corrected chi connectivity index (χ1v) is 7.27. The molecule has 0 bridgehead atoms. The van der Waals surface area contributed by atoms with Crippen LogP contribution in [0.15, 0.2) is 12.1 Å². The van der Waals surface area contributed by atoms with Crippen LogP contribution in [0.5, 0.6) is 11.5 Å². The third-order valence-corrected chi connectivity index (χ3v) is 4.03.